The average Bonchev–Trinajstić information content (AvgIpc) is 2.82. The molecule has 0 fully saturated rings. The molecule has 6 heteroatoms. The van der Waals surface area contributed by atoms with E-state index in [9.17, 15) is 9.90 Å². The standard InChI is InChI=1S/C14H14N4O2/c1-9-5-12(4-3-10(9)6-15)17-13(14(19)20)11-7-16-18(2)8-11/h3-5,7-8,13,17H,1-2H3,(H,19,20). The van der Waals surface area contributed by atoms with E-state index in [1.54, 1.807) is 36.1 Å². The van der Waals surface area contributed by atoms with Gasteiger partial charge in [-0.25, -0.2) is 4.79 Å². The second kappa shape index (κ2) is 5.45. The van der Waals surface area contributed by atoms with E-state index >= 15 is 0 Å². The summed E-state index contributed by atoms with van der Waals surface area (Å²) in [5.41, 5.74) is 2.59. The SMILES string of the molecule is Cc1cc(NC(C(=O)O)c2cnn(C)c2)ccc1C#N. The van der Waals surface area contributed by atoms with Crippen LogP contribution >= 0.6 is 0 Å². The predicted octanol–water partition coefficient (Wildman–Crippen LogP) is 1.84. The summed E-state index contributed by atoms with van der Waals surface area (Å²) in [6.07, 6.45) is 3.17. The number of aromatic nitrogens is 2. The van der Waals surface area contributed by atoms with E-state index in [2.05, 4.69) is 16.5 Å². The van der Waals surface area contributed by atoms with Gasteiger partial charge in [-0.05, 0) is 30.7 Å². The highest BCUT2D eigenvalue weighted by Crippen LogP contribution is 2.21. The molecular weight excluding hydrogens is 256 g/mol. The fraction of sp³-hybridized carbons (Fsp3) is 0.214. The monoisotopic (exact) mass is 270 g/mol. The Kier molecular flexibility index (Phi) is 3.71. The molecule has 0 saturated carbocycles. The molecule has 0 bridgehead atoms. The minimum atomic E-state index is -0.986. The molecular formula is C14H14N4O2. The number of benzene rings is 1. The molecule has 2 aromatic rings. The van der Waals surface area contributed by atoms with Crippen molar-refractivity contribution in [2.24, 2.45) is 7.05 Å². The lowest BCUT2D eigenvalue weighted by atomic mass is 10.1. The predicted molar refractivity (Wildman–Crippen MR) is 73.1 cm³/mol. The van der Waals surface area contributed by atoms with Crippen molar-refractivity contribution >= 4 is 11.7 Å². The number of carbonyl (C=O) groups is 1. The summed E-state index contributed by atoms with van der Waals surface area (Å²) in [7, 11) is 1.73. The largest absolute Gasteiger partial charge is 0.479 e. The topological polar surface area (TPSA) is 90.9 Å². The van der Waals surface area contributed by atoms with Crippen LogP contribution in [0.1, 0.15) is 22.7 Å². The van der Waals surface area contributed by atoms with Crippen molar-refractivity contribution in [1.82, 2.24) is 9.78 Å². The zero-order chi connectivity index (χ0) is 14.7. The van der Waals surface area contributed by atoms with Crippen LogP contribution in [0.15, 0.2) is 30.6 Å². The quantitative estimate of drug-likeness (QED) is 0.884. The van der Waals surface area contributed by atoms with Gasteiger partial charge in [-0.1, -0.05) is 0 Å². The number of carboxylic acids is 1. The number of carboxylic acid groups (broad SMARTS) is 1. The van der Waals surface area contributed by atoms with Crippen LogP contribution in [0, 0.1) is 18.3 Å². The van der Waals surface area contributed by atoms with Crippen molar-refractivity contribution in [2.75, 3.05) is 5.32 Å². The number of hydrogen-bond donors (Lipinski definition) is 2. The molecule has 0 aliphatic heterocycles. The average molecular weight is 270 g/mol. The summed E-state index contributed by atoms with van der Waals surface area (Å²) >= 11 is 0. The van der Waals surface area contributed by atoms with Crippen LogP contribution in [0.4, 0.5) is 5.69 Å². The van der Waals surface area contributed by atoms with Gasteiger partial charge in [0, 0.05) is 24.5 Å². The number of nitrogens with one attached hydrogen (secondary N) is 1. The minimum Gasteiger partial charge on any atom is -0.479 e. The Hall–Kier alpha value is -2.81. The maximum Gasteiger partial charge on any atom is 0.330 e. The van der Waals surface area contributed by atoms with Gasteiger partial charge in [0.05, 0.1) is 17.8 Å². The van der Waals surface area contributed by atoms with Crippen molar-refractivity contribution in [1.29, 1.82) is 5.26 Å². The van der Waals surface area contributed by atoms with Crippen LogP contribution in [-0.4, -0.2) is 20.9 Å². The minimum absolute atomic E-state index is 0.571. The van der Waals surface area contributed by atoms with E-state index in [1.165, 1.54) is 6.20 Å². The first-order chi connectivity index (χ1) is 9.51. The molecule has 0 saturated heterocycles. The lowest BCUT2D eigenvalue weighted by Gasteiger charge is -2.15. The molecule has 102 valence electrons. The number of rotatable bonds is 4. The lowest BCUT2D eigenvalue weighted by molar-refractivity contribution is -0.138. The molecule has 20 heavy (non-hydrogen) atoms. The van der Waals surface area contributed by atoms with Gasteiger partial charge in [0.1, 0.15) is 0 Å². The molecule has 2 N–H and O–H groups in total. The zero-order valence-electron chi connectivity index (χ0n) is 11.2. The highest BCUT2D eigenvalue weighted by atomic mass is 16.4. The van der Waals surface area contributed by atoms with Crippen molar-refractivity contribution < 1.29 is 9.90 Å². The van der Waals surface area contributed by atoms with E-state index in [4.69, 9.17) is 5.26 Å². The lowest BCUT2D eigenvalue weighted by Crippen LogP contribution is -2.20. The van der Waals surface area contributed by atoms with Crippen molar-refractivity contribution in [3.63, 3.8) is 0 Å². The van der Waals surface area contributed by atoms with Gasteiger partial charge in [0.25, 0.3) is 0 Å². The van der Waals surface area contributed by atoms with Crippen LogP contribution < -0.4 is 5.32 Å². The van der Waals surface area contributed by atoms with Gasteiger partial charge < -0.3 is 10.4 Å². The highest BCUT2D eigenvalue weighted by Gasteiger charge is 2.21. The van der Waals surface area contributed by atoms with Gasteiger partial charge in [0.2, 0.25) is 0 Å². The second-order valence-electron chi connectivity index (χ2n) is 4.50. The summed E-state index contributed by atoms with van der Waals surface area (Å²) < 4.78 is 1.55. The molecule has 2 rings (SSSR count). The summed E-state index contributed by atoms with van der Waals surface area (Å²) in [5, 5.41) is 25.1. The third-order valence-electron chi connectivity index (χ3n) is 2.96. The fourth-order valence-corrected chi connectivity index (χ4v) is 1.92. The Morgan fingerprint density at radius 1 is 1.55 bits per heavy atom. The second-order valence-corrected chi connectivity index (χ2v) is 4.50. The maximum absolute atomic E-state index is 11.4. The van der Waals surface area contributed by atoms with E-state index in [1.807, 2.05) is 6.92 Å². The number of nitrogens with zero attached hydrogens (tertiary/aromatic N) is 3. The smallest absolute Gasteiger partial charge is 0.330 e. The maximum atomic E-state index is 11.4. The number of nitriles is 1. The number of aliphatic carboxylic acids is 1. The summed E-state index contributed by atoms with van der Waals surface area (Å²) in [4.78, 5) is 11.4. The van der Waals surface area contributed by atoms with Crippen LogP contribution in [0.5, 0.6) is 0 Å². The molecule has 1 aromatic carbocycles. The first-order valence-corrected chi connectivity index (χ1v) is 6.00. The zero-order valence-corrected chi connectivity index (χ0v) is 11.2. The van der Waals surface area contributed by atoms with Crippen molar-refractivity contribution in [2.45, 2.75) is 13.0 Å². The van der Waals surface area contributed by atoms with Crippen LogP contribution in [-0.2, 0) is 11.8 Å². The van der Waals surface area contributed by atoms with E-state index in [0.29, 0.717) is 16.8 Å². The summed E-state index contributed by atoms with van der Waals surface area (Å²) in [5.74, 6) is -0.986. The molecule has 1 atom stereocenters. The van der Waals surface area contributed by atoms with Crippen molar-refractivity contribution in [3.8, 4) is 6.07 Å². The molecule has 0 aliphatic rings. The Morgan fingerprint density at radius 3 is 2.80 bits per heavy atom. The summed E-state index contributed by atoms with van der Waals surface area (Å²) in [6, 6.07) is 6.31. The van der Waals surface area contributed by atoms with Crippen molar-refractivity contribution in [3.05, 3.63) is 47.3 Å². The van der Waals surface area contributed by atoms with Gasteiger partial charge in [-0.3, -0.25) is 4.68 Å². The third kappa shape index (κ3) is 2.78. The third-order valence-corrected chi connectivity index (χ3v) is 2.96. The number of anilines is 1. The number of hydrogen-bond acceptors (Lipinski definition) is 4. The molecule has 1 unspecified atom stereocenters. The van der Waals surface area contributed by atoms with E-state index < -0.39 is 12.0 Å². The van der Waals surface area contributed by atoms with Gasteiger partial charge in [-0.2, -0.15) is 10.4 Å². The van der Waals surface area contributed by atoms with Gasteiger partial charge >= 0.3 is 5.97 Å². The Morgan fingerprint density at radius 2 is 2.30 bits per heavy atom. The van der Waals surface area contributed by atoms with Crippen LogP contribution in [0.2, 0.25) is 0 Å². The van der Waals surface area contributed by atoms with Crippen LogP contribution in [0.25, 0.3) is 0 Å². The van der Waals surface area contributed by atoms with E-state index in [-0.39, 0.29) is 0 Å². The van der Waals surface area contributed by atoms with E-state index in [0.717, 1.165) is 5.56 Å². The molecule has 6 nitrogen and oxygen atoms in total. The Labute approximate surface area is 116 Å². The molecule has 0 spiro atoms. The molecule has 0 amide bonds. The first kappa shape index (κ1) is 13.6. The Bertz CT molecular complexity index is 685. The molecule has 1 aromatic heterocycles. The van der Waals surface area contributed by atoms with Gasteiger partial charge in [0.15, 0.2) is 6.04 Å². The van der Waals surface area contributed by atoms with Crippen LogP contribution in [0.3, 0.4) is 0 Å². The molecule has 0 aliphatic carbocycles. The first-order valence-electron chi connectivity index (χ1n) is 6.00. The Balaban J connectivity index is 2.28. The highest BCUT2D eigenvalue weighted by molar-refractivity contribution is 5.79. The number of aryl methyl sites for hydroxylation is 2. The molecule has 0 radical (unpaired) electrons. The molecule has 1 heterocycles. The van der Waals surface area contributed by atoms with Gasteiger partial charge in [-0.15, -0.1) is 0 Å². The fourth-order valence-electron chi connectivity index (χ4n) is 1.92. The summed E-state index contributed by atoms with van der Waals surface area (Å²) in [6.45, 7) is 1.81. The normalized spacial score (nSPS) is 11.7.